The average Bonchev–Trinajstić information content (AvgIpc) is 2.40. The zero-order valence-electron chi connectivity index (χ0n) is 11.5. The zero-order valence-corrected chi connectivity index (χ0v) is 11.5. The van der Waals surface area contributed by atoms with E-state index in [1.165, 1.54) is 12.3 Å². The summed E-state index contributed by atoms with van der Waals surface area (Å²) in [6, 6.07) is 1.40. The Bertz CT molecular complexity index is 419. The van der Waals surface area contributed by atoms with Gasteiger partial charge in [-0.15, -0.1) is 0 Å². The molecule has 106 valence electrons. The fourth-order valence-corrected chi connectivity index (χ4v) is 1.85. The van der Waals surface area contributed by atoms with Gasteiger partial charge in [-0.3, -0.25) is 0 Å². The van der Waals surface area contributed by atoms with E-state index in [4.69, 9.17) is 10.8 Å². The van der Waals surface area contributed by atoms with Crippen LogP contribution in [0, 0.1) is 0 Å². The van der Waals surface area contributed by atoms with Gasteiger partial charge in [0.05, 0.1) is 11.3 Å². The van der Waals surface area contributed by atoms with Crippen molar-refractivity contribution in [3.63, 3.8) is 0 Å². The molecule has 4 N–H and O–H groups in total. The van der Waals surface area contributed by atoms with Crippen molar-refractivity contribution in [1.82, 2.24) is 9.88 Å². The largest absolute Gasteiger partial charge is 0.478 e. The van der Waals surface area contributed by atoms with E-state index < -0.39 is 5.97 Å². The highest BCUT2D eigenvalue weighted by Gasteiger charge is 2.11. The van der Waals surface area contributed by atoms with E-state index in [0.29, 0.717) is 5.82 Å². The number of aromatic nitrogens is 1. The number of carboxylic acid groups (broad SMARTS) is 1. The van der Waals surface area contributed by atoms with Crippen molar-refractivity contribution in [3.05, 3.63) is 17.8 Å². The van der Waals surface area contributed by atoms with Crippen LogP contribution in [0.15, 0.2) is 12.3 Å². The minimum absolute atomic E-state index is 0.0845. The number of nitrogens with one attached hydrogen (secondary N) is 1. The normalized spacial score (nSPS) is 10.7. The highest BCUT2D eigenvalue weighted by Crippen LogP contribution is 2.19. The lowest BCUT2D eigenvalue weighted by Gasteiger charge is -2.18. The van der Waals surface area contributed by atoms with Gasteiger partial charge in [0.25, 0.3) is 0 Å². The van der Waals surface area contributed by atoms with Gasteiger partial charge in [0.1, 0.15) is 5.82 Å². The Morgan fingerprint density at radius 1 is 1.47 bits per heavy atom. The average molecular weight is 266 g/mol. The molecule has 6 heteroatoms. The van der Waals surface area contributed by atoms with Crippen LogP contribution in [0.25, 0.3) is 0 Å². The van der Waals surface area contributed by atoms with Gasteiger partial charge >= 0.3 is 5.97 Å². The Morgan fingerprint density at radius 3 is 2.74 bits per heavy atom. The molecular formula is C13H22N4O2. The number of aromatic carboxylic acids is 1. The van der Waals surface area contributed by atoms with Gasteiger partial charge in [0.15, 0.2) is 0 Å². The minimum atomic E-state index is -1.04. The summed E-state index contributed by atoms with van der Waals surface area (Å²) < 4.78 is 0. The van der Waals surface area contributed by atoms with E-state index in [1.807, 2.05) is 0 Å². The third-order valence-electron chi connectivity index (χ3n) is 3.06. The Labute approximate surface area is 113 Å². The number of carbonyl (C=O) groups is 1. The molecule has 0 aliphatic carbocycles. The first-order valence-electron chi connectivity index (χ1n) is 6.54. The monoisotopic (exact) mass is 266 g/mol. The number of anilines is 2. The molecule has 1 aromatic rings. The summed E-state index contributed by atoms with van der Waals surface area (Å²) in [5.74, 6) is -0.592. The summed E-state index contributed by atoms with van der Waals surface area (Å²) >= 11 is 0. The molecule has 1 aromatic heterocycles. The van der Waals surface area contributed by atoms with Crippen molar-refractivity contribution < 1.29 is 9.90 Å². The molecular weight excluding hydrogens is 244 g/mol. The number of hydrogen-bond acceptors (Lipinski definition) is 5. The van der Waals surface area contributed by atoms with Crippen LogP contribution in [0.3, 0.4) is 0 Å². The summed E-state index contributed by atoms with van der Waals surface area (Å²) in [5, 5.41) is 12.0. The summed E-state index contributed by atoms with van der Waals surface area (Å²) in [4.78, 5) is 17.3. The van der Waals surface area contributed by atoms with Crippen LogP contribution in [0.5, 0.6) is 0 Å². The first kappa shape index (κ1) is 15.2. The van der Waals surface area contributed by atoms with E-state index in [0.717, 1.165) is 32.6 Å². The van der Waals surface area contributed by atoms with E-state index in [2.05, 4.69) is 29.0 Å². The Kier molecular flexibility index (Phi) is 6.08. The molecule has 0 bridgehead atoms. The lowest BCUT2D eigenvalue weighted by molar-refractivity contribution is 0.0698. The maximum absolute atomic E-state index is 10.9. The predicted molar refractivity (Wildman–Crippen MR) is 76.5 cm³/mol. The molecule has 0 atom stereocenters. The summed E-state index contributed by atoms with van der Waals surface area (Å²) in [5.41, 5.74) is 6.04. The molecule has 0 saturated carbocycles. The molecule has 0 fully saturated rings. The van der Waals surface area contributed by atoms with Gasteiger partial charge in [0, 0.05) is 12.7 Å². The summed E-state index contributed by atoms with van der Waals surface area (Å²) in [6.07, 6.45) is 2.41. The molecule has 0 unspecified atom stereocenters. The molecule has 0 radical (unpaired) electrons. The van der Waals surface area contributed by atoms with Crippen LogP contribution in [-0.2, 0) is 0 Å². The van der Waals surface area contributed by atoms with E-state index >= 15 is 0 Å². The zero-order chi connectivity index (χ0) is 14.3. The van der Waals surface area contributed by atoms with Crippen LogP contribution >= 0.6 is 0 Å². The number of hydrogen-bond donors (Lipinski definition) is 3. The second-order valence-corrected chi connectivity index (χ2v) is 4.23. The van der Waals surface area contributed by atoms with Crippen LogP contribution in [0.1, 0.15) is 30.6 Å². The summed E-state index contributed by atoms with van der Waals surface area (Å²) in [6.45, 7) is 8.05. The highest BCUT2D eigenvalue weighted by atomic mass is 16.4. The van der Waals surface area contributed by atoms with E-state index in [-0.39, 0.29) is 11.3 Å². The smallest absolute Gasteiger partial charge is 0.337 e. The maximum atomic E-state index is 10.9. The van der Waals surface area contributed by atoms with Crippen molar-refractivity contribution in [2.45, 2.75) is 20.3 Å². The third-order valence-corrected chi connectivity index (χ3v) is 3.06. The Hall–Kier alpha value is -1.82. The van der Waals surface area contributed by atoms with Gasteiger partial charge in [0.2, 0.25) is 0 Å². The number of pyridine rings is 1. The van der Waals surface area contributed by atoms with Gasteiger partial charge in [-0.1, -0.05) is 13.8 Å². The van der Waals surface area contributed by atoms with Gasteiger partial charge < -0.3 is 21.1 Å². The van der Waals surface area contributed by atoms with E-state index in [1.54, 1.807) is 0 Å². The van der Waals surface area contributed by atoms with Crippen LogP contribution in [0.4, 0.5) is 11.5 Å². The molecule has 0 aliphatic heterocycles. The Balaban J connectivity index is 2.50. The SMILES string of the molecule is CCN(CC)CCCNc1nccc(C(=O)O)c1N. The van der Waals surface area contributed by atoms with Crippen molar-refractivity contribution in [1.29, 1.82) is 0 Å². The topological polar surface area (TPSA) is 91.5 Å². The first-order valence-corrected chi connectivity index (χ1v) is 6.54. The maximum Gasteiger partial charge on any atom is 0.337 e. The first-order chi connectivity index (χ1) is 9.10. The van der Waals surface area contributed by atoms with Crippen LogP contribution < -0.4 is 11.1 Å². The number of carboxylic acids is 1. The van der Waals surface area contributed by atoms with Crippen molar-refractivity contribution in [2.24, 2.45) is 0 Å². The molecule has 19 heavy (non-hydrogen) atoms. The second-order valence-electron chi connectivity index (χ2n) is 4.23. The molecule has 1 heterocycles. The molecule has 1 rings (SSSR count). The standard InChI is InChI=1S/C13H22N4O2/c1-3-17(4-2)9-5-7-15-12-11(14)10(13(18)19)6-8-16-12/h6,8H,3-5,7,9,14H2,1-2H3,(H,15,16)(H,18,19). The van der Waals surface area contributed by atoms with Crippen molar-refractivity contribution in [3.8, 4) is 0 Å². The van der Waals surface area contributed by atoms with Gasteiger partial charge in [-0.2, -0.15) is 0 Å². The van der Waals surface area contributed by atoms with E-state index in [9.17, 15) is 4.79 Å². The summed E-state index contributed by atoms with van der Waals surface area (Å²) in [7, 11) is 0. The molecule has 0 aromatic carbocycles. The Morgan fingerprint density at radius 2 is 2.16 bits per heavy atom. The second kappa shape index (κ2) is 7.58. The third kappa shape index (κ3) is 4.40. The number of rotatable bonds is 8. The fraction of sp³-hybridized carbons (Fsp3) is 0.538. The van der Waals surface area contributed by atoms with Gasteiger partial charge in [-0.05, 0) is 32.1 Å². The molecule has 0 aliphatic rings. The number of nitrogen functional groups attached to an aromatic ring is 1. The van der Waals surface area contributed by atoms with Crippen molar-refractivity contribution in [2.75, 3.05) is 37.2 Å². The van der Waals surface area contributed by atoms with Crippen molar-refractivity contribution >= 4 is 17.5 Å². The van der Waals surface area contributed by atoms with Crippen LogP contribution in [-0.4, -0.2) is 47.1 Å². The predicted octanol–water partition coefficient (Wildman–Crippen LogP) is 1.51. The number of nitrogens with zero attached hydrogens (tertiary/aromatic N) is 2. The lowest BCUT2D eigenvalue weighted by Crippen LogP contribution is -2.25. The lowest BCUT2D eigenvalue weighted by atomic mass is 10.2. The molecule has 0 saturated heterocycles. The minimum Gasteiger partial charge on any atom is -0.478 e. The molecule has 6 nitrogen and oxygen atoms in total. The highest BCUT2D eigenvalue weighted by molar-refractivity contribution is 5.96. The number of nitrogens with two attached hydrogens (primary N) is 1. The van der Waals surface area contributed by atoms with Crippen LogP contribution in [0.2, 0.25) is 0 Å². The molecule has 0 spiro atoms. The van der Waals surface area contributed by atoms with Gasteiger partial charge in [-0.25, -0.2) is 9.78 Å². The quantitative estimate of drug-likeness (QED) is 0.618. The molecule has 0 amide bonds. The fourth-order valence-electron chi connectivity index (χ4n) is 1.85.